The second-order valence-corrected chi connectivity index (χ2v) is 4.38. The standard InChI is InChI=1S/C13H18ClNO/c1-10-4-5-12(8-11(10)2)6-7-15(3)13(16)9-14/h4-5,8H,6-7,9H2,1-3H3. The highest BCUT2D eigenvalue weighted by molar-refractivity contribution is 6.27. The topological polar surface area (TPSA) is 20.3 Å². The molecule has 88 valence electrons. The Labute approximate surface area is 102 Å². The number of carbonyl (C=O) groups excluding carboxylic acids is 1. The van der Waals surface area contributed by atoms with Crippen LogP contribution >= 0.6 is 11.6 Å². The number of likely N-dealkylation sites (N-methyl/N-ethyl adjacent to an activating group) is 1. The van der Waals surface area contributed by atoms with Crippen LogP contribution in [0.15, 0.2) is 18.2 Å². The van der Waals surface area contributed by atoms with Gasteiger partial charge in [-0.05, 0) is 37.0 Å². The predicted octanol–water partition coefficient (Wildman–Crippen LogP) is 2.54. The lowest BCUT2D eigenvalue weighted by atomic mass is 10.0. The maximum atomic E-state index is 11.2. The van der Waals surface area contributed by atoms with Gasteiger partial charge < -0.3 is 4.90 Å². The van der Waals surface area contributed by atoms with Gasteiger partial charge >= 0.3 is 0 Å². The first-order chi connectivity index (χ1) is 7.54. The van der Waals surface area contributed by atoms with Crippen molar-refractivity contribution in [3.05, 3.63) is 34.9 Å². The minimum absolute atomic E-state index is 0.0227. The fourth-order valence-electron chi connectivity index (χ4n) is 1.48. The van der Waals surface area contributed by atoms with Crippen LogP contribution < -0.4 is 0 Å². The van der Waals surface area contributed by atoms with Gasteiger partial charge in [-0.25, -0.2) is 0 Å². The van der Waals surface area contributed by atoms with Crippen molar-refractivity contribution in [1.82, 2.24) is 4.90 Å². The van der Waals surface area contributed by atoms with E-state index in [2.05, 4.69) is 32.0 Å². The lowest BCUT2D eigenvalue weighted by Crippen LogP contribution is -2.29. The first kappa shape index (κ1) is 13.0. The maximum Gasteiger partial charge on any atom is 0.237 e. The van der Waals surface area contributed by atoms with E-state index in [1.807, 2.05) is 0 Å². The van der Waals surface area contributed by atoms with Crippen LogP contribution in [-0.2, 0) is 11.2 Å². The number of halogens is 1. The first-order valence-corrected chi connectivity index (χ1v) is 5.94. The molecule has 0 bridgehead atoms. The summed E-state index contributed by atoms with van der Waals surface area (Å²) in [6.45, 7) is 4.92. The molecular formula is C13H18ClNO. The molecule has 1 amide bonds. The summed E-state index contributed by atoms with van der Waals surface area (Å²) in [5.41, 5.74) is 3.86. The molecule has 0 atom stereocenters. The van der Waals surface area contributed by atoms with E-state index in [-0.39, 0.29) is 11.8 Å². The van der Waals surface area contributed by atoms with Gasteiger partial charge in [0.25, 0.3) is 0 Å². The summed E-state index contributed by atoms with van der Waals surface area (Å²) in [7, 11) is 1.78. The third-order valence-electron chi connectivity index (χ3n) is 2.85. The lowest BCUT2D eigenvalue weighted by Gasteiger charge is -2.15. The zero-order valence-electron chi connectivity index (χ0n) is 10.1. The second-order valence-electron chi connectivity index (χ2n) is 4.12. The summed E-state index contributed by atoms with van der Waals surface area (Å²) in [6, 6.07) is 6.41. The molecule has 0 spiro atoms. The zero-order valence-corrected chi connectivity index (χ0v) is 10.8. The number of nitrogens with zero attached hydrogens (tertiary/aromatic N) is 1. The molecule has 16 heavy (non-hydrogen) atoms. The molecule has 0 aliphatic carbocycles. The Morgan fingerprint density at radius 1 is 1.31 bits per heavy atom. The highest BCUT2D eigenvalue weighted by Gasteiger charge is 2.06. The summed E-state index contributed by atoms with van der Waals surface area (Å²) in [5, 5.41) is 0. The normalized spacial score (nSPS) is 10.2. The van der Waals surface area contributed by atoms with Gasteiger partial charge in [-0.2, -0.15) is 0 Å². The molecule has 1 aromatic carbocycles. The van der Waals surface area contributed by atoms with Crippen LogP contribution in [0.1, 0.15) is 16.7 Å². The summed E-state index contributed by atoms with van der Waals surface area (Å²) in [4.78, 5) is 12.9. The molecule has 0 aliphatic rings. The Morgan fingerprint density at radius 3 is 2.56 bits per heavy atom. The van der Waals surface area contributed by atoms with Crippen molar-refractivity contribution in [2.45, 2.75) is 20.3 Å². The van der Waals surface area contributed by atoms with Crippen LogP contribution in [-0.4, -0.2) is 30.3 Å². The lowest BCUT2D eigenvalue weighted by molar-refractivity contribution is -0.127. The van der Waals surface area contributed by atoms with Gasteiger partial charge in [0.05, 0.1) is 0 Å². The van der Waals surface area contributed by atoms with Crippen LogP contribution in [0.25, 0.3) is 0 Å². The van der Waals surface area contributed by atoms with Crippen molar-refractivity contribution >= 4 is 17.5 Å². The summed E-state index contributed by atoms with van der Waals surface area (Å²) in [5.74, 6) is 0.0363. The molecule has 2 nitrogen and oxygen atoms in total. The molecule has 0 N–H and O–H groups in total. The van der Waals surface area contributed by atoms with Crippen LogP contribution in [0, 0.1) is 13.8 Å². The highest BCUT2D eigenvalue weighted by Crippen LogP contribution is 2.10. The fourth-order valence-corrected chi connectivity index (χ4v) is 1.69. The van der Waals surface area contributed by atoms with E-state index in [0.717, 1.165) is 6.42 Å². The number of alkyl halides is 1. The molecule has 3 heteroatoms. The second kappa shape index (κ2) is 5.90. The van der Waals surface area contributed by atoms with Gasteiger partial charge in [-0.3, -0.25) is 4.79 Å². The maximum absolute atomic E-state index is 11.2. The Morgan fingerprint density at radius 2 is 2.00 bits per heavy atom. The number of carbonyl (C=O) groups is 1. The molecule has 0 aliphatic heterocycles. The van der Waals surface area contributed by atoms with Gasteiger partial charge in [0.1, 0.15) is 5.88 Å². The van der Waals surface area contributed by atoms with Crippen molar-refractivity contribution in [1.29, 1.82) is 0 Å². The van der Waals surface area contributed by atoms with Gasteiger partial charge in [-0.1, -0.05) is 18.2 Å². The SMILES string of the molecule is Cc1ccc(CCN(C)C(=O)CCl)cc1C. The molecule has 0 saturated heterocycles. The van der Waals surface area contributed by atoms with Crippen molar-refractivity contribution in [3.63, 3.8) is 0 Å². The van der Waals surface area contributed by atoms with Crippen molar-refractivity contribution in [3.8, 4) is 0 Å². The van der Waals surface area contributed by atoms with Gasteiger partial charge in [0, 0.05) is 13.6 Å². The molecule has 0 unspecified atom stereocenters. The number of hydrogen-bond acceptors (Lipinski definition) is 1. The number of amides is 1. The highest BCUT2D eigenvalue weighted by atomic mass is 35.5. The van der Waals surface area contributed by atoms with Crippen LogP contribution in [0.5, 0.6) is 0 Å². The Bertz CT molecular complexity index is 376. The summed E-state index contributed by atoms with van der Waals surface area (Å²) >= 11 is 5.48. The monoisotopic (exact) mass is 239 g/mol. The fraction of sp³-hybridized carbons (Fsp3) is 0.462. The smallest absolute Gasteiger partial charge is 0.237 e. The minimum Gasteiger partial charge on any atom is -0.344 e. The Balaban J connectivity index is 2.55. The number of rotatable bonds is 4. The molecule has 0 saturated carbocycles. The van der Waals surface area contributed by atoms with Crippen LogP contribution in [0.3, 0.4) is 0 Å². The van der Waals surface area contributed by atoms with Crippen molar-refractivity contribution in [2.75, 3.05) is 19.5 Å². The van der Waals surface area contributed by atoms with E-state index in [0.29, 0.717) is 6.54 Å². The van der Waals surface area contributed by atoms with E-state index >= 15 is 0 Å². The molecule has 0 radical (unpaired) electrons. The largest absolute Gasteiger partial charge is 0.344 e. The Kier molecular flexibility index (Phi) is 4.81. The van der Waals surface area contributed by atoms with Gasteiger partial charge in [0.15, 0.2) is 0 Å². The molecule has 1 rings (SSSR count). The third kappa shape index (κ3) is 3.53. The predicted molar refractivity (Wildman–Crippen MR) is 68.0 cm³/mol. The molecular weight excluding hydrogens is 222 g/mol. The van der Waals surface area contributed by atoms with Crippen molar-refractivity contribution in [2.24, 2.45) is 0 Å². The van der Waals surface area contributed by atoms with Crippen molar-refractivity contribution < 1.29 is 4.79 Å². The molecule has 0 aromatic heterocycles. The van der Waals surface area contributed by atoms with E-state index in [1.165, 1.54) is 16.7 Å². The summed E-state index contributed by atoms with van der Waals surface area (Å²) < 4.78 is 0. The number of aryl methyl sites for hydroxylation is 2. The Hall–Kier alpha value is -1.02. The van der Waals surface area contributed by atoms with Crippen LogP contribution in [0.2, 0.25) is 0 Å². The molecule has 1 aromatic rings. The van der Waals surface area contributed by atoms with Gasteiger partial charge in [-0.15, -0.1) is 11.6 Å². The average Bonchev–Trinajstić information content (AvgIpc) is 2.29. The van der Waals surface area contributed by atoms with E-state index in [4.69, 9.17) is 11.6 Å². The molecule has 0 heterocycles. The summed E-state index contributed by atoms with van der Waals surface area (Å²) in [6.07, 6.45) is 0.875. The average molecular weight is 240 g/mol. The zero-order chi connectivity index (χ0) is 12.1. The number of benzene rings is 1. The van der Waals surface area contributed by atoms with E-state index < -0.39 is 0 Å². The number of hydrogen-bond donors (Lipinski definition) is 0. The first-order valence-electron chi connectivity index (χ1n) is 5.40. The van der Waals surface area contributed by atoms with Gasteiger partial charge in [0.2, 0.25) is 5.91 Å². The van der Waals surface area contributed by atoms with Crippen LogP contribution in [0.4, 0.5) is 0 Å². The minimum atomic E-state index is -0.0227. The molecule has 0 fully saturated rings. The quantitative estimate of drug-likeness (QED) is 0.740. The van der Waals surface area contributed by atoms with E-state index in [9.17, 15) is 4.79 Å². The van der Waals surface area contributed by atoms with E-state index in [1.54, 1.807) is 11.9 Å². The third-order valence-corrected chi connectivity index (χ3v) is 3.08.